The second-order valence-electron chi connectivity index (χ2n) is 8.96. The Bertz CT molecular complexity index is 1750. The fraction of sp³-hybridized carbons (Fsp3) is 0.259. The summed E-state index contributed by atoms with van der Waals surface area (Å²) < 4.78 is 24.9. The van der Waals surface area contributed by atoms with Crippen molar-refractivity contribution in [1.29, 1.82) is 0 Å². The monoisotopic (exact) mass is 511 g/mol. The number of pyridine rings is 2. The maximum Gasteiger partial charge on any atom is 0.298 e. The minimum absolute atomic E-state index is 0.0734. The van der Waals surface area contributed by atoms with Crippen molar-refractivity contribution in [1.82, 2.24) is 34.9 Å². The molecule has 0 saturated heterocycles. The molecule has 0 radical (unpaired) electrons. The van der Waals surface area contributed by atoms with Gasteiger partial charge in [-0.2, -0.15) is 4.98 Å². The van der Waals surface area contributed by atoms with Gasteiger partial charge in [0.25, 0.3) is 11.9 Å². The van der Waals surface area contributed by atoms with E-state index in [1.165, 1.54) is 0 Å². The van der Waals surface area contributed by atoms with E-state index in [-0.39, 0.29) is 12.6 Å². The molecule has 0 amide bonds. The highest BCUT2D eigenvalue weighted by Crippen LogP contribution is 2.40. The molecule has 0 fully saturated rings. The molecule has 0 aliphatic carbocycles. The van der Waals surface area contributed by atoms with Crippen molar-refractivity contribution in [2.75, 3.05) is 7.11 Å². The van der Waals surface area contributed by atoms with Crippen molar-refractivity contribution < 1.29 is 18.4 Å². The molecule has 0 spiro atoms. The zero-order valence-corrected chi connectivity index (χ0v) is 21.6. The lowest BCUT2D eigenvalue weighted by Crippen LogP contribution is -2.11. The summed E-state index contributed by atoms with van der Waals surface area (Å²) in [4.78, 5) is 14.1. The molecule has 0 aliphatic rings. The van der Waals surface area contributed by atoms with E-state index in [2.05, 4.69) is 27.3 Å². The summed E-state index contributed by atoms with van der Waals surface area (Å²) in [6, 6.07) is 9.96. The van der Waals surface area contributed by atoms with Crippen LogP contribution in [0.25, 0.3) is 33.1 Å². The SMILES string of the molecule is COc1cc2c(cc1-c1c(C)noc1C)ncc1nc(OCc3nnc(C)o3)n([C@H](C)c3ccccn3)c12. The lowest BCUT2D eigenvalue weighted by molar-refractivity contribution is 0.230. The second-order valence-corrected chi connectivity index (χ2v) is 8.96. The first-order valence-electron chi connectivity index (χ1n) is 12.1. The van der Waals surface area contributed by atoms with E-state index in [0.29, 0.717) is 34.8 Å². The number of methoxy groups -OCH3 is 1. The predicted molar refractivity (Wildman–Crippen MR) is 138 cm³/mol. The van der Waals surface area contributed by atoms with Gasteiger partial charge in [-0.1, -0.05) is 11.2 Å². The van der Waals surface area contributed by atoms with Crippen molar-refractivity contribution in [3.05, 3.63) is 71.7 Å². The molecule has 192 valence electrons. The minimum atomic E-state index is -0.209. The first-order chi connectivity index (χ1) is 18.4. The number of aryl methyl sites for hydroxylation is 3. The van der Waals surface area contributed by atoms with Crippen LogP contribution in [-0.2, 0) is 6.61 Å². The Morgan fingerprint density at radius 1 is 1.05 bits per heavy atom. The summed E-state index contributed by atoms with van der Waals surface area (Å²) in [5.41, 5.74) is 5.66. The highest BCUT2D eigenvalue weighted by atomic mass is 16.5. The zero-order chi connectivity index (χ0) is 26.4. The first-order valence-corrected chi connectivity index (χ1v) is 12.1. The molecule has 0 aliphatic heterocycles. The molecule has 11 heteroatoms. The highest BCUT2D eigenvalue weighted by molar-refractivity contribution is 6.05. The average Bonchev–Trinajstić information content (AvgIpc) is 3.62. The van der Waals surface area contributed by atoms with E-state index in [4.69, 9.17) is 28.4 Å². The van der Waals surface area contributed by atoms with Crippen LogP contribution in [-0.4, -0.2) is 42.0 Å². The van der Waals surface area contributed by atoms with Gasteiger partial charge in [-0.25, -0.2) is 0 Å². The largest absolute Gasteiger partial charge is 0.496 e. The lowest BCUT2D eigenvalue weighted by Gasteiger charge is -2.18. The third kappa shape index (κ3) is 3.92. The summed E-state index contributed by atoms with van der Waals surface area (Å²) in [5, 5.41) is 12.9. The number of benzene rings is 1. The molecule has 0 saturated carbocycles. The molecular formula is C27H25N7O4. The smallest absolute Gasteiger partial charge is 0.298 e. The molecule has 5 aromatic heterocycles. The Kier molecular flexibility index (Phi) is 5.74. The number of nitrogens with zero attached hydrogens (tertiary/aromatic N) is 7. The van der Waals surface area contributed by atoms with E-state index in [9.17, 15) is 0 Å². The van der Waals surface area contributed by atoms with E-state index in [0.717, 1.165) is 38.9 Å². The van der Waals surface area contributed by atoms with Gasteiger partial charge in [-0.3, -0.25) is 14.5 Å². The van der Waals surface area contributed by atoms with Gasteiger partial charge in [-0.15, -0.1) is 10.2 Å². The standard InChI is InChI=1S/C27H25N7O4/c1-14-25(16(3)38-33-14)19-10-21-18(11-23(19)35-5)26-22(12-29-21)30-27(36-13-24-32-31-17(4)37-24)34(26)15(2)20-8-6-7-9-28-20/h6-12,15H,13H2,1-5H3/t15-/m1/s1. The molecule has 11 nitrogen and oxygen atoms in total. The summed E-state index contributed by atoms with van der Waals surface area (Å²) in [6.45, 7) is 7.65. The third-order valence-electron chi connectivity index (χ3n) is 6.50. The molecule has 0 unspecified atom stereocenters. The Hall–Kier alpha value is -4.80. The minimum Gasteiger partial charge on any atom is -0.496 e. The fourth-order valence-corrected chi connectivity index (χ4v) is 4.75. The van der Waals surface area contributed by atoms with Crippen molar-refractivity contribution in [3.8, 4) is 22.9 Å². The van der Waals surface area contributed by atoms with Crippen LogP contribution in [0.5, 0.6) is 11.8 Å². The van der Waals surface area contributed by atoms with Gasteiger partial charge < -0.3 is 18.4 Å². The van der Waals surface area contributed by atoms with Crippen LogP contribution in [0.4, 0.5) is 0 Å². The average molecular weight is 512 g/mol. The Morgan fingerprint density at radius 2 is 1.92 bits per heavy atom. The van der Waals surface area contributed by atoms with Crippen LogP contribution in [0.2, 0.25) is 0 Å². The number of aromatic nitrogens is 7. The van der Waals surface area contributed by atoms with Gasteiger partial charge in [-0.05, 0) is 45.0 Å². The van der Waals surface area contributed by atoms with Gasteiger partial charge >= 0.3 is 0 Å². The fourth-order valence-electron chi connectivity index (χ4n) is 4.75. The van der Waals surface area contributed by atoms with Crippen LogP contribution >= 0.6 is 0 Å². The third-order valence-corrected chi connectivity index (χ3v) is 6.50. The van der Waals surface area contributed by atoms with E-state index < -0.39 is 0 Å². The number of fused-ring (bicyclic) bond motifs is 3. The van der Waals surface area contributed by atoms with Crippen molar-refractivity contribution in [3.63, 3.8) is 0 Å². The molecule has 5 heterocycles. The van der Waals surface area contributed by atoms with Crippen LogP contribution in [0.3, 0.4) is 0 Å². The predicted octanol–water partition coefficient (Wildman–Crippen LogP) is 5.14. The molecule has 38 heavy (non-hydrogen) atoms. The highest BCUT2D eigenvalue weighted by Gasteiger charge is 2.24. The maximum atomic E-state index is 6.13. The molecule has 0 N–H and O–H groups in total. The van der Waals surface area contributed by atoms with E-state index >= 15 is 0 Å². The van der Waals surface area contributed by atoms with Gasteiger partial charge in [0.15, 0.2) is 6.61 Å². The van der Waals surface area contributed by atoms with Crippen LogP contribution < -0.4 is 9.47 Å². The molecule has 1 atom stereocenters. The zero-order valence-electron chi connectivity index (χ0n) is 21.6. The van der Waals surface area contributed by atoms with E-state index in [1.54, 1.807) is 26.4 Å². The molecular weight excluding hydrogens is 486 g/mol. The molecule has 6 aromatic rings. The van der Waals surface area contributed by atoms with Gasteiger partial charge in [0.2, 0.25) is 5.89 Å². The van der Waals surface area contributed by atoms with Crippen LogP contribution in [0, 0.1) is 20.8 Å². The number of hydrogen-bond acceptors (Lipinski definition) is 10. The number of hydrogen-bond donors (Lipinski definition) is 0. The number of rotatable bonds is 7. The Morgan fingerprint density at radius 3 is 2.61 bits per heavy atom. The van der Waals surface area contributed by atoms with Gasteiger partial charge in [0.05, 0.1) is 47.3 Å². The number of ether oxygens (including phenoxy) is 2. The Balaban J connectivity index is 1.57. The van der Waals surface area contributed by atoms with Crippen molar-refractivity contribution >= 4 is 21.9 Å². The summed E-state index contributed by atoms with van der Waals surface area (Å²) >= 11 is 0. The van der Waals surface area contributed by atoms with Crippen molar-refractivity contribution in [2.24, 2.45) is 0 Å². The summed E-state index contributed by atoms with van der Waals surface area (Å²) in [5.74, 6) is 2.21. The summed E-state index contributed by atoms with van der Waals surface area (Å²) in [7, 11) is 1.64. The van der Waals surface area contributed by atoms with Crippen LogP contribution in [0.1, 0.15) is 41.9 Å². The van der Waals surface area contributed by atoms with Gasteiger partial charge in [0, 0.05) is 24.1 Å². The second kappa shape index (κ2) is 9.25. The first kappa shape index (κ1) is 23.6. The maximum absolute atomic E-state index is 6.13. The Labute approximate surface area is 217 Å². The topological polar surface area (TPSA) is 127 Å². The van der Waals surface area contributed by atoms with E-state index in [1.807, 2.05) is 48.7 Å². The van der Waals surface area contributed by atoms with Crippen LogP contribution in [0.15, 0.2) is 51.7 Å². The van der Waals surface area contributed by atoms with Crippen molar-refractivity contribution in [2.45, 2.75) is 40.3 Å². The molecule has 0 bridgehead atoms. The normalized spacial score (nSPS) is 12.3. The quantitative estimate of drug-likeness (QED) is 0.284. The molecule has 1 aromatic carbocycles. The summed E-state index contributed by atoms with van der Waals surface area (Å²) in [6.07, 6.45) is 3.51. The lowest BCUT2D eigenvalue weighted by atomic mass is 10.0. The molecule has 6 rings (SSSR count). The van der Waals surface area contributed by atoms with Gasteiger partial charge in [0.1, 0.15) is 17.0 Å². The number of imidazole rings is 1.